The summed E-state index contributed by atoms with van der Waals surface area (Å²) in [7, 11) is 1.72. The van der Waals surface area contributed by atoms with Crippen LogP contribution in [0.15, 0.2) is 61.2 Å². The molecule has 0 aliphatic carbocycles. The van der Waals surface area contributed by atoms with Gasteiger partial charge in [-0.3, -0.25) is 0 Å². The van der Waals surface area contributed by atoms with Crippen molar-refractivity contribution in [2.75, 3.05) is 19.0 Å². The molecule has 2 rings (SSSR count). The molecule has 0 heterocycles. The molecule has 1 N–H and O–H groups in total. The summed E-state index contributed by atoms with van der Waals surface area (Å²) in [5.41, 5.74) is 2.21. The molecule has 2 aromatic rings. The van der Waals surface area contributed by atoms with E-state index in [0.717, 1.165) is 11.3 Å². The predicted octanol–water partition coefficient (Wildman–Crippen LogP) is 3.79. The minimum Gasteiger partial charge on any atom is -0.490 e. The van der Waals surface area contributed by atoms with Crippen molar-refractivity contribution in [1.29, 1.82) is 5.26 Å². The van der Waals surface area contributed by atoms with Gasteiger partial charge in [-0.1, -0.05) is 24.8 Å². The van der Waals surface area contributed by atoms with Gasteiger partial charge in [-0.2, -0.15) is 5.26 Å². The van der Waals surface area contributed by atoms with Crippen molar-refractivity contribution >= 4 is 11.7 Å². The Labute approximate surface area is 141 Å². The van der Waals surface area contributed by atoms with Gasteiger partial charge in [-0.05, 0) is 42.0 Å². The highest BCUT2D eigenvalue weighted by molar-refractivity contribution is 5.89. The van der Waals surface area contributed by atoms with E-state index in [2.05, 4.69) is 11.9 Å². The molecule has 122 valence electrons. The second-order valence-electron chi connectivity index (χ2n) is 5.22. The minimum absolute atomic E-state index is 0.216. The number of rotatable bonds is 6. The second-order valence-corrected chi connectivity index (χ2v) is 5.22. The van der Waals surface area contributed by atoms with Gasteiger partial charge in [0, 0.05) is 19.3 Å². The normalized spacial score (nSPS) is 9.67. The van der Waals surface area contributed by atoms with E-state index in [4.69, 9.17) is 10.00 Å². The topological polar surface area (TPSA) is 65.4 Å². The summed E-state index contributed by atoms with van der Waals surface area (Å²) in [6.45, 7) is 4.54. The van der Waals surface area contributed by atoms with Gasteiger partial charge >= 0.3 is 6.03 Å². The van der Waals surface area contributed by atoms with Crippen molar-refractivity contribution in [3.05, 3.63) is 72.3 Å². The number of carbonyl (C=O) groups is 1. The van der Waals surface area contributed by atoms with E-state index in [0.29, 0.717) is 24.4 Å². The molecular formula is C19H19N3O2. The molecule has 0 spiro atoms. The number of ether oxygens (including phenoxy) is 1. The van der Waals surface area contributed by atoms with Crippen LogP contribution >= 0.6 is 0 Å². The highest BCUT2D eigenvalue weighted by atomic mass is 16.5. The summed E-state index contributed by atoms with van der Waals surface area (Å²) < 4.78 is 5.43. The van der Waals surface area contributed by atoms with Crippen molar-refractivity contribution in [3.63, 3.8) is 0 Å². The quantitative estimate of drug-likeness (QED) is 0.823. The van der Waals surface area contributed by atoms with Crippen LogP contribution in [0.1, 0.15) is 11.1 Å². The number of urea groups is 1. The zero-order valence-electron chi connectivity index (χ0n) is 13.5. The van der Waals surface area contributed by atoms with Crippen molar-refractivity contribution in [3.8, 4) is 11.8 Å². The molecule has 0 unspecified atom stereocenters. The average Bonchev–Trinajstić information content (AvgIpc) is 2.61. The number of nitrogens with one attached hydrogen (secondary N) is 1. The van der Waals surface area contributed by atoms with E-state index in [-0.39, 0.29) is 6.03 Å². The van der Waals surface area contributed by atoms with Crippen LogP contribution in [0.5, 0.6) is 5.75 Å². The van der Waals surface area contributed by atoms with Crippen LogP contribution in [-0.2, 0) is 6.54 Å². The number of amides is 2. The smallest absolute Gasteiger partial charge is 0.321 e. The lowest BCUT2D eigenvalue weighted by molar-refractivity contribution is 0.220. The zero-order valence-corrected chi connectivity index (χ0v) is 13.5. The molecule has 0 bridgehead atoms. The van der Waals surface area contributed by atoms with Crippen LogP contribution in [0.2, 0.25) is 0 Å². The van der Waals surface area contributed by atoms with Crippen molar-refractivity contribution in [1.82, 2.24) is 4.90 Å². The summed E-state index contributed by atoms with van der Waals surface area (Å²) in [5, 5.41) is 11.6. The molecule has 0 saturated heterocycles. The molecule has 0 aliphatic heterocycles. The van der Waals surface area contributed by atoms with Gasteiger partial charge in [0.1, 0.15) is 12.4 Å². The molecule has 5 nitrogen and oxygen atoms in total. The maximum absolute atomic E-state index is 12.2. The van der Waals surface area contributed by atoms with E-state index < -0.39 is 0 Å². The molecule has 0 saturated carbocycles. The molecule has 0 aromatic heterocycles. The fourth-order valence-corrected chi connectivity index (χ4v) is 2.04. The van der Waals surface area contributed by atoms with Crippen LogP contribution in [0.25, 0.3) is 0 Å². The highest BCUT2D eigenvalue weighted by Gasteiger charge is 2.09. The second kappa shape index (κ2) is 8.39. The minimum atomic E-state index is -0.216. The van der Waals surface area contributed by atoms with E-state index in [1.54, 1.807) is 42.3 Å². The zero-order chi connectivity index (χ0) is 17.4. The molecule has 5 heteroatoms. The Bertz CT molecular complexity index is 731. The third-order valence-electron chi connectivity index (χ3n) is 3.32. The number of nitrogens with zero attached hydrogens (tertiary/aromatic N) is 2. The Balaban J connectivity index is 1.90. The molecule has 0 radical (unpaired) electrons. The number of benzene rings is 2. The van der Waals surface area contributed by atoms with Gasteiger partial charge in [0.05, 0.1) is 11.6 Å². The summed E-state index contributed by atoms with van der Waals surface area (Å²) in [6, 6.07) is 16.1. The van der Waals surface area contributed by atoms with Crippen LogP contribution in [-0.4, -0.2) is 24.6 Å². The van der Waals surface area contributed by atoms with Crippen molar-refractivity contribution in [2.45, 2.75) is 6.54 Å². The van der Waals surface area contributed by atoms with E-state index in [1.165, 1.54) is 0 Å². The molecule has 0 aliphatic rings. The Kier molecular flexibility index (Phi) is 5.98. The van der Waals surface area contributed by atoms with Crippen LogP contribution in [0.3, 0.4) is 0 Å². The fraction of sp³-hybridized carbons (Fsp3) is 0.158. The Morgan fingerprint density at radius 1 is 1.25 bits per heavy atom. The third-order valence-corrected chi connectivity index (χ3v) is 3.32. The molecule has 0 atom stereocenters. The Hall–Kier alpha value is -3.26. The van der Waals surface area contributed by atoms with Crippen molar-refractivity contribution < 1.29 is 9.53 Å². The third kappa shape index (κ3) is 4.89. The first-order valence-corrected chi connectivity index (χ1v) is 7.47. The number of anilines is 1. The maximum atomic E-state index is 12.2. The van der Waals surface area contributed by atoms with Crippen LogP contribution in [0, 0.1) is 11.3 Å². The molecular weight excluding hydrogens is 302 g/mol. The number of hydrogen-bond acceptors (Lipinski definition) is 3. The summed E-state index contributed by atoms with van der Waals surface area (Å²) in [5.74, 6) is 0.767. The summed E-state index contributed by atoms with van der Waals surface area (Å²) in [4.78, 5) is 13.8. The van der Waals surface area contributed by atoms with Crippen LogP contribution < -0.4 is 10.1 Å². The standard InChI is InChI=1S/C19H19N3O2/c1-3-12-24-18-10-6-16(7-11-18)14-22(2)19(23)21-17-8-4-15(13-20)5-9-17/h3-11H,1,12,14H2,2H3,(H,21,23). The van der Waals surface area contributed by atoms with Gasteiger partial charge < -0.3 is 15.0 Å². The van der Waals surface area contributed by atoms with Gasteiger partial charge in [0.2, 0.25) is 0 Å². The monoisotopic (exact) mass is 321 g/mol. The van der Waals surface area contributed by atoms with E-state index in [1.807, 2.05) is 30.3 Å². The Morgan fingerprint density at radius 3 is 2.50 bits per heavy atom. The largest absolute Gasteiger partial charge is 0.490 e. The molecule has 2 aromatic carbocycles. The summed E-state index contributed by atoms with van der Waals surface area (Å²) in [6.07, 6.45) is 1.69. The highest BCUT2D eigenvalue weighted by Crippen LogP contribution is 2.14. The first-order valence-electron chi connectivity index (χ1n) is 7.47. The first kappa shape index (κ1) is 17.1. The molecule has 2 amide bonds. The number of carbonyl (C=O) groups excluding carboxylic acids is 1. The average molecular weight is 321 g/mol. The van der Waals surface area contributed by atoms with Gasteiger partial charge in [0.25, 0.3) is 0 Å². The fourth-order valence-electron chi connectivity index (χ4n) is 2.04. The first-order chi connectivity index (χ1) is 11.6. The maximum Gasteiger partial charge on any atom is 0.321 e. The number of nitriles is 1. The lowest BCUT2D eigenvalue weighted by Gasteiger charge is -2.18. The van der Waals surface area contributed by atoms with Gasteiger partial charge in [-0.25, -0.2) is 4.79 Å². The lowest BCUT2D eigenvalue weighted by atomic mass is 10.2. The van der Waals surface area contributed by atoms with Crippen LogP contribution in [0.4, 0.5) is 10.5 Å². The van der Waals surface area contributed by atoms with Gasteiger partial charge in [0.15, 0.2) is 0 Å². The van der Waals surface area contributed by atoms with Gasteiger partial charge in [-0.15, -0.1) is 0 Å². The predicted molar refractivity (Wildman–Crippen MR) is 93.8 cm³/mol. The Morgan fingerprint density at radius 2 is 1.92 bits per heavy atom. The summed E-state index contributed by atoms with van der Waals surface area (Å²) >= 11 is 0. The molecule has 24 heavy (non-hydrogen) atoms. The molecule has 0 fully saturated rings. The SMILES string of the molecule is C=CCOc1ccc(CN(C)C(=O)Nc2ccc(C#N)cc2)cc1. The number of hydrogen-bond donors (Lipinski definition) is 1. The van der Waals surface area contributed by atoms with E-state index >= 15 is 0 Å². The van der Waals surface area contributed by atoms with E-state index in [9.17, 15) is 4.79 Å². The lowest BCUT2D eigenvalue weighted by Crippen LogP contribution is -2.30. The van der Waals surface area contributed by atoms with Crippen molar-refractivity contribution in [2.24, 2.45) is 0 Å².